The Labute approximate surface area is 98.4 Å². The molecule has 2 aromatic rings. The number of aromatic nitrogens is 3. The van der Waals surface area contributed by atoms with Crippen LogP contribution in [0.4, 0.5) is 5.82 Å². The van der Waals surface area contributed by atoms with Crippen LogP contribution in [0, 0.1) is 6.92 Å². The molecule has 2 rings (SSSR count). The predicted molar refractivity (Wildman–Crippen MR) is 61.9 cm³/mol. The first-order chi connectivity index (χ1) is 8.09. The Morgan fingerprint density at radius 2 is 2.29 bits per heavy atom. The SMILES string of the molecule is Cc1noc(C(C)C)c1C(=O)Nc1ccn[nH]1. The number of rotatable bonds is 3. The molecule has 0 saturated heterocycles. The van der Waals surface area contributed by atoms with E-state index < -0.39 is 0 Å². The molecule has 90 valence electrons. The molecule has 2 N–H and O–H groups in total. The molecule has 2 heterocycles. The second-order valence-electron chi connectivity index (χ2n) is 4.09. The molecule has 0 saturated carbocycles. The number of hydrogen-bond acceptors (Lipinski definition) is 4. The molecule has 0 aliphatic heterocycles. The Hall–Kier alpha value is -2.11. The Morgan fingerprint density at radius 1 is 1.53 bits per heavy atom. The predicted octanol–water partition coefficient (Wildman–Crippen LogP) is 2.08. The number of H-pyrrole nitrogens is 1. The van der Waals surface area contributed by atoms with Crippen molar-refractivity contribution in [3.8, 4) is 0 Å². The van der Waals surface area contributed by atoms with E-state index in [0.29, 0.717) is 22.8 Å². The summed E-state index contributed by atoms with van der Waals surface area (Å²) in [6.45, 7) is 5.65. The normalized spacial score (nSPS) is 10.8. The molecular formula is C11H14N4O2. The monoisotopic (exact) mass is 234 g/mol. The van der Waals surface area contributed by atoms with Gasteiger partial charge in [0, 0.05) is 12.0 Å². The molecule has 0 spiro atoms. The van der Waals surface area contributed by atoms with Gasteiger partial charge in [-0.3, -0.25) is 9.89 Å². The van der Waals surface area contributed by atoms with Crippen LogP contribution in [0.1, 0.15) is 41.6 Å². The van der Waals surface area contributed by atoms with Crippen molar-refractivity contribution in [1.29, 1.82) is 0 Å². The quantitative estimate of drug-likeness (QED) is 0.851. The number of aromatic amines is 1. The molecule has 0 atom stereocenters. The molecule has 0 aliphatic carbocycles. The van der Waals surface area contributed by atoms with Crippen molar-refractivity contribution in [1.82, 2.24) is 15.4 Å². The summed E-state index contributed by atoms with van der Waals surface area (Å²) in [4.78, 5) is 12.1. The standard InChI is InChI=1S/C11H14N4O2/c1-6(2)10-9(7(3)15-17-10)11(16)13-8-4-5-12-14-8/h4-6H,1-3H3,(H2,12,13,14,16). The molecular weight excluding hydrogens is 220 g/mol. The highest BCUT2D eigenvalue weighted by atomic mass is 16.5. The van der Waals surface area contributed by atoms with Crippen molar-refractivity contribution in [2.75, 3.05) is 5.32 Å². The Kier molecular flexibility index (Phi) is 2.95. The van der Waals surface area contributed by atoms with Gasteiger partial charge < -0.3 is 9.84 Å². The molecule has 0 bridgehead atoms. The number of nitrogens with zero attached hydrogens (tertiary/aromatic N) is 2. The van der Waals surface area contributed by atoms with Gasteiger partial charge in [-0.2, -0.15) is 5.10 Å². The summed E-state index contributed by atoms with van der Waals surface area (Å²) in [5.41, 5.74) is 1.08. The minimum atomic E-state index is -0.239. The maximum atomic E-state index is 12.1. The lowest BCUT2D eigenvalue weighted by molar-refractivity contribution is 0.102. The lowest BCUT2D eigenvalue weighted by Crippen LogP contribution is -2.15. The van der Waals surface area contributed by atoms with Gasteiger partial charge in [-0.25, -0.2) is 0 Å². The van der Waals surface area contributed by atoms with E-state index in [1.54, 1.807) is 19.2 Å². The molecule has 6 heteroatoms. The van der Waals surface area contributed by atoms with Crippen LogP contribution in [0.25, 0.3) is 0 Å². The molecule has 6 nitrogen and oxygen atoms in total. The summed E-state index contributed by atoms with van der Waals surface area (Å²) in [5.74, 6) is 1.01. The fourth-order valence-corrected chi connectivity index (χ4v) is 1.57. The van der Waals surface area contributed by atoms with Gasteiger partial charge in [-0.15, -0.1) is 0 Å². The third-order valence-electron chi connectivity index (χ3n) is 2.39. The number of carbonyl (C=O) groups excluding carboxylic acids is 1. The summed E-state index contributed by atoms with van der Waals surface area (Å²) < 4.78 is 5.16. The van der Waals surface area contributed by atoms with E-state index in [-0.39, 0.29) is 11.8 Å². The average molecular weight is 234 g/mol. The van der Waals surface area contributed by atoms with Gasteiger partial charge in [0.1, 0.15) is 11.4 Å². The summed E-state index contributed by atoms with van der Waals surface area (Å²) in [7, 11) is 0. The summed E-state index contributed by atoms with van der Waals surface area (Å²) in [6.07, 6.45) is 1.57. The van der Waals surface area contributed by atoms with E-state index in [1.165, 1.54) is 0 Å². The molecule has 0 aromatic carbocycles. The van der Waals surface area contributed by atoms with Crippen LogP contribution < -0.4 is 5.32 Å². The second-order valence-corrected chi connectivity index (χ2v) is 4.09. The number of hydrogen-bond donors (Lipinski definition) is 2. The highest BCUT2D eigenvalue weighted by Crippen LogP contribution is 2.22. The third kappa shape index (κ3) is 2.20. The molecule has 17 heavy (non-hydrogen) atoms. The lowest BCUT2D eigenvalue weighted by atomic mass is 10.0. The van der Waals surface area contributed by atoms with Crippen LogP contribution in [0.2, 0.25) is 0 Å². The fourth-order valence-electron chi connectivity index (χ4n) is 1.57. The van der Waals surface area contributed by atoms with E-state index in [2.05, 4.69) is 20.7 Å². The topological polar surface area (TPSA) is 83.8 Å². The zero-order valence-corrected chi connectivity index (χ0v) is 9.94. The van der Waals surface area contributed by atoms with E-state index in [0.717, 1.165) is 0 Å². The Morgan fingerprint density at radius 3 is 2.88 bits per heavy atom. The maximum Gasteiger partial charge on any atom is 0.262 e. The molecule has 2 aromatic heterocycles. The molecule has 0 unspecified atom stereocenters. The number of aryl methyl sites for hydroxylation is 1. The van der Waals surface area contributed by atoms with Crippen molar-refractivity contribution >= 4 is 11.7 Å². The number of nitrogens with one attached hydrogen (secondary N) is 2. The second kappa shape index (κ2) is 4.40. The molecule has 0 fully saturated rings. The van der Waals surface area contributed by atoms with Gasteiger partial charge in [0.15, 0.2) is 5.76 Å². The first-order valence-corrected chi connectivity index (χ1v) is 5.36. The largest absolute Gasteiger partial charge is 0.360 e. The van der Waals surface area contributed by atoms with Crippen LogP contribution in [-0.4, -0.2) is 21.3 Å². The van der Waals surface area contributed by atoms with E-state index in [4.69, 9.17) is 4.52 Å². The molecule has 0 radical (unpaired) electrons. The van der Waals surface area contributed by atoms with Crippen LogP contribution in [-0.2, 0) is 0 Å². The number of amides is 1. The average Bonchev–Trinajstić information content (AvgIpc) is 2.86. The Balaban J connectivity index is 2.27. The zero-order chi connectivity index (χ0) is 12.4. The number of anilines is 1. The third-order valence-corrected chi connectivity index (χ3v) is 2.39. The van der Waals surface area contributed by atoms with Crippen LogP contribution in [0.5, 0.6) is 0 Å². The minimum absolute atomic E-state index is 0.110. The van der Waals surface area contributed by atoms with E-state index in [1.807, 2.05) is 13.8 Å². The van der Waals surface area contributed by atoms with Crippen LogP contribution in [0.3, 0.4) is 0 Å². The highest BCUT2D eigenvalue weighted by molar-refractivity contribution is 6.05. The Bertz CT molecular complexity index is 514. The fraction of sp³-hybridized carbons (Fsp3) is 0.364. The number of carbonyl (C=O) groups is 1. The molecule has 1 amide bonds. The van der Waals surface area contributed by atoms with Gasteiger partial charge >= 0.3 is 0 Å². The van der Waals surface area contributed by atoms with Gasteiger partial charge in [0.2, 0.25) is 0 Å². The first kappa shape index (κ1) is 11.4. The smallest absolute Gasteiger partial charge is 0.262 e. The van der Waals surface area contributed by atoms with Gasteiger partial charge in [-0.05, 0) is 6.92 Å². The van der Waals surface area contributed by atoms with E-state index in [9.17, 15) is 4.79 Å². The van der Waals surface area contributed by atoms with Gasteiger partial charge in [0.05, 0.1) is 11.9 Å². The maximum absolute atomic E-state index is 12.1. The zero-order valence-electron chi connectivity index (χ0n) is 9.94. The lowest BCUT2D eigenvalue weighted by Gasteiger charge is -2.04. The summed E-state index contributed by atoms with van der Waals surface area (Å²) in [6, 6.07) is 1.68. The van der Waals surface area contributed by atoms with E-state index >= 15 is 0 Å². The van der Waals surface area contributed by atoms with Crippen LogP contribution >= 0.6 is 0 Å². The van der Waals surface area contributed by atoms with Crippen molar-refractivity contribution < 1.29 is 9.32 Å². The summed E-state index contributed by atoms with van der Waals surface area (Å²) in [5, 5.41) is 13.0. The van der Waals surface area contributed by atoms with Gasteiger partial charge in [0.25, 0.3) is 5.91 Å². The van der Waals surface area contributed by atoms with Crippen LogP contribution in [0.15, 0.2) is 16.8 Å². The van der Waals surface area contributed by atoms with Crippen molar-refractivity contribution in [2.45, 2.75) is 26.7 Å². The first-order valence-electron chi connectivity index (χ1n) is 5.36. The van der Waals surface area contributed by atoms with Crippen molar-refractivity contribution in [3.05, 3.63) is 29.3 Å². The van der Waals surface area contributed by atoms with Gasteiger partial charge in [-0.1, -0.05) is 19.0 Å². The molecule has 0 aliphatic rings. The summed E-state index contributed by atoms with van der Waals surface area (Å²) >= 11 is 0. The van der Waals surface area contributed by atoms with Crippen molar-refractivity contribution in [3.63, 3.8) is 0 Å². The van der Waals surface area contributed by atoms with Crippen molar-refractivity contribution in [2.24, 2.45) is 0 Å². The highest BCUT2D eigenvalue weighted by Gasteiger charge is 2.22. The minimum Gasteiger partial charge on any atom is -0.360 e.